The molecule has 30 heavy (non-hydrogen) atoms. The Labute approximate surface area is 177 Å². The number of benzene rings is 1. The minimum Gasteiger partial charge on any atom is -0.531 e. The zero-order valence-electron chi connectivity index (χ0n) is 15.7. The molecule has 1 aliphatic carbocycles. The van der Waals surface area contributed by atoms with Crippen LogP contribution in [0, 0.1) is 17.7 Å². The highest BCUT2D eigenvalue weighted by atomic mass is 35.5. The lowest BCUT2D eigenvalue weighted by atomic mass is 9.66. The average Bonchev–Trinajstić information content (AvgIpc) is 3.12. The number of aromatic nitrogens is 2. The van der Waals surface area contributed by atoms with E-state index in [1.165, 1.54) is 6.07 Å². The van der Waals surface area contributed by atoms with Crippen LogP contribution in [0.2, 0.25) is 5.02 Å². The zero-order valence-corrected chi connectivity index (χ0v) is 17.3. The van der Waals surface area contributed by atoms with E-state index in [4.69, 9.17) is 16.3 Å². The molecule has 0 atom stereocenters. The Kier molecular flexibility index (Phi) is 4.64. The number of hydrogen-bond acceptors (Lipinski definition) is 5. The normalized spacial score (nSPS) is 21.0. The van der Waals surface area contributed by atoms with Crippen LogP contribution in [0.25, 0.3) is 16.6 Å². The number of sulfone groups is 1. The smallest absolute Gasteiger partial charge is 0.531 e. The van der Waals surface area contributed by atoms with Crippen molar-refractivity contribution in [3.05, 3.63) is 59.0 Å². The highest BCUT2D eigenvalue weighted by Crippen LogP contribution is 2.48. The van der Waals surface area contributed by atoms with E-state index in [9.17, 15) is 17.8 Å². The maximum absolute atomic E-state index is 13.3. The van der Waals surface area contributed by atoms with Crippen molar-refractivity contribution >= 4 is 45.2 Å². The van der Waals surface area contributed by atoms with E-state index in [2.05, 4.69) is 9.97 Å². The molecule has 10 heteroatoms. The summed E-state index contributed by atoms with van der Waals surface area (Å²) in [5.74, 6) is 1.63. The fourth-order valence-corrected chi connectivity index (χ4v) is 6.59. The third kappa shape index (κ3) is 3.31. The summed E-state index contributed by atoms with van der Waals surface area (Å²) in [6.45, 7) is 0. The molecule has 3 heterocycles. The molecule has 3 aromatic rings. The van der Waals surface area contributed by atoms with Crippen LogP contribution in [-0.4, -0.2) is 36.3 Å². The van der Waals surface area contributed by atoms with Crippen molar-refractivity contribution in [3.8, 4) is 5.75 Å². The summed E-state index contributed by atoms with van der Waals surface area (Å²) in [4.78, 5) is 7.33. The standard InChI is InChI=1S/C20H17BClFN2O4S/c22-16-7-13(23)1-2-18(16)30(27,28)10-11-5-12(6-11)15-8-21(26)29-17-9-25-20-14(19(15)17)3-4-24-20/h1-4,7-9,11-12,26H,5-6,10H2,(H,24,25). The third-order valence-electron chi connectivity index (χ3n) is 5.77. The van der Waals surface area contributed by atoms with Crippen LogP contribution in [0.1, 0.15) is 18.4 Å². The molecular weight excluding hydrogens is 430 g/mol. The quantitative estimate of drug-likeness (QED) is 0.471. The van der Waals surface area contributed by atoms with Crippen LogP contribution < -0.4 is 4.65 Å². The predicted molar refractivity (Wildman–Crippen MR) is 112 cm³/mol. The van der Waals surface area contributed by atoms with Gasteiger partial charge in [-0.2, -0.15) is 0 Å². The molecule has 1 aromatic carbocycles. The molecule has 2 aromatic heterocycles. The number of rotatable bonds is 4. The molecule has 0 saturated heterocycles. The lowest BCUT2D eigenvalue weighted by Crippen LogP contribution is -2.33. The van der Waals surface area contributed by atoms with E-state index in [0.717, 1.165) is 34.3 Å². The highest BCUT2D eigenvalue weighted by Gasteiger charge is 2.39. The Morgan fingerprint density at radius 3 is 2.90 bits per heavy atom. The second kappa shape index (κ2) is 7.11. The first-order chi connectivity index (χ1) is 14.3. The van der Waals surface area contributed by atoms with Gasteiger partial charge in [-0.15, -0.1) is 0 Å². The van der Waals surface area contributed by atoms with Crippen LogP contribution >= 0.6 is 11.6 Å². The number of fused-ring (bicyclic) bond motifs is 3. The SMILES string of the molecule is O=S(=O)(CC1CC(C2=CB(O)Oc3cnc4[nH]ccc4c32)C1)c1ccc(F)cc1Cl. The highest BCUT2D eigenvalue weighted by molar-refractivity contribution is 7.91. The van der Waals surface area contributed by atoms with E-state index >= 15 is 0 Å². The van der Waals surface area contributed by atoms with E-state index in [1.807, 2.05) is 6.07 Å². The lowest BCUT2D eigenvalue weighted by molar-refractivity contribution is 0.273. The Balaban J connectivity index is 1.37. The maximum atomic E-state index is 13.3. The summed E-state index contributed by atoms with van der Waals surface area (Å²) in [6.07, 6.45) is 4.69. The fourth-order valence-electron chi connectivity index (χ4n) is 4.37. The molecule has 1 fully saturated rings. The van der Waals surface area contributed by atoms with Gasteiger partial charge in [-0.1, -0.05) is 11.6 Å². The summed E-state index contributed by atoms with van der Waals surface area (Å²) < 4.78 is 44.3. The number of nitrogens with zero attached hydrogens (tertiary/aromatic N) is 1. The molecule has 1 saturated carbocycles. The Morgan fingerprint density at radius 1 is 1.33 bits per heavy atom. The molecule has 0 amide bonds. The van der Waals surface area contributed by atoms with Gasteiger partial charge in [-0.25, -0.2) is 17.8 Å². The number of pyridine rings is 1. The van der Waals surface area contributed by atoms with Gasteiger partial charge in [0.25, 0.3) is 0 Å². The minimum absolute atomic E-state index is 0.0415. The van der Waals surface area contributed by atoms with Gasteiger partial charge in [-0.3, -0.25) is 0 Å². The summed E-state index contributed by atoms with van der Waals surface area (Å²) in [7, 11) is -4.69. The van der Waals surface area contributed by atoms with E-state index < -0.39 is 22.8 Å². The minimum atomic E-state index is -3.63. The summed E-state index contributed by atoms with van der Waals surface area (Å²) in [6, 6.07) is 5.24. The molecule has 5 rings (SSSR count). The van der Waals surface area contributed by atoms with Crippen molar-refractivity contribution in [1.29, 1.82) is 0 Å². The number of halogens is 2. The van der Waals surface area contributed by atoms with Crippen LogP contribution in [0.15, 0.2) is 47.5 Å². The van der Waals surface area contributed by atoms with Crippen LogP contribution in [0.4, 0.5) is 4.39 Å². The molecule has 6 nitrogen and oxygen atoms in total. The van der Waals surface area contributed by atoms with Crippen molar-refractivity contribution in [1.82, 2.24) is 9.97 Å². The number of aromatic amines is 1. The molecule has 0 spiro atoms. The maximum Gasteiger partial charge on any atom is 0.552 e. The Hall–Kier alpha value is -2.36. The molecular formula is C20H17BClFN2O4S. The molecule has 0 bridgehead atoms. The van der Waals surface area contributed by atoms with Crippen molar-refractivity contribution in [2.45, 2.75) is 17.7 Å². The first-order valence-corrected chi connectivity index (χ1v) is 11.6. The largest absolute Gasteiger partial charge is 0.552 e. The van der Waals surface area contributed by atoms with Gasteiger partial charge in [0.1, 0.15) is 17.2 Å². The van der Waals surface area contributed by atoms with Crippen molar-refractivity contribution in [2.75, 3.05) is 5.75 Å². The molecule has 1 aliphatic heterocycles. The first-order valence-electron chi connectivity index (χ1n) is 9.52. The monoisotopic (exact) mass is 446 g/mol. The van der Waals surface area contributed by atoms with Crippen molar-refractivity contribution < 1.29 is 22.5 Å². The molecule has 0 unspecified atom stereocenters. The van der Waals surface area contributed by atoms with Crippen LogP contribution in [0.3, 0.4) is 0 Å². The second-order valence-electron chi connectivity index (χ2n) is 7.76. The van der Waals surface area contributed by atoms with Gasteiger partial charge in [0.15, 0.2) is 9.84 Å². The van der Waals surface area contributed by atoms with Gasteiger partial charge in [0.2, 0.25) is 0 Å². The van der Waals surface area contributed by atoms with E-state index in [1.54, 1.807) is 18.4 Å². The van der Waals surface area contributed by atoms with Gasteiger partial charge in [0, 0.05) is 17.1 Å². The zero-order chi connectivity index (χ0) is 21.0. The number of H-pyrrole nitrogens is 1. The van der Waals surface area contributed by atoms with Gasteiger partial charge in [0.05, 0.1) is 21.9 Å². The van der Waals surface area contributed by atoms with E-state index in [-0.39, 0.29) is 27.5 Å². The second-order valence-corrected chi connectivity index (χ2v) is 10.2. The van der Waals surface area contributed by atoms with Crippen molar-refractivity contribution in [2.24, 2.45) is 11.8 Å². The van der Waals surface area contributed by atoms with E-state index in [0.29, 0.717) is 18.6 Å². The first kappa shape index (κ1) is 19.6. The topological polar surface area (TPSA) is 92.3 Å². The summed E-state index contributed by atoms with van der Waals surface area (Å²) in [5.41, 5.74) is 2.56. The summed E-state index contributed by atoms with van der Waals surface area (Å²) in [5, 5.41) is 10.9. The Morgan fingerprint density at radius 2 is 2.13 bits per heavy atom. The number of hydrogen-bond donors (Lipinski definition) is 2. The molecule has 0 radical (unpaired) electrons. The predicted octanol–water partition coefficient (Wildman–Crippen LogP) is 3.65. The molecule has 2 aliphatic rings. The molecule has 2 N–H and O–H groups in total. The van der Waals surface area contributed by atoms with Crippen LogP contribution in [0.5, 0.6) is 5.75 Å². The molecule has 154 valence electrons. The number of allylic oxidation sites excluding steroid dienone is 1. The third-order valence-corrected chi connectivity index (χ3v) is 8.13. The van der Waals surface area contributed by atoms with Gasteiger partial charge >= 0.3 is 7.12 Å². The van der Waals surface area contributed by atoms with Crippen molar-refractivity contribution in [3.63, 3.8) is 0 Å². The average molecular weight is 447 g/mol. The fraction of sp³-hybridized carbons (Fsp3) is 0.250. The number of nitrogens with one attached hydrogen (secondary N) is 1. The van der Waals surface area contributed by atoms with Gasteiger partial charge < -0.3 is 14.7 Å². The summed E-state index contributed by atoms with van der Waals surface area (Å²) >= 11 is 5.95. The Bertz CT molecular complexity index is 1290. The lowest BCUT2D eigenvalue weighted by Gasteiger charge is -2.38. The van der Waals surface area contributed by atoms with Crippen LogP contribution in [-0.2, 0) is 9.84 Å². The van der Waals surface area contributed by atoms with Gasteiger partial charge in [-0.05, 0) is 60.5 Å².